The van der Waals surface area contributed by atoms with Crippen LogP contribution in [0.1, 0.15) is 24.0 Å². The van der Waals surface area contributed by atoms with E-state index in [-0.39, 0.29) is 0 Å². The zero-order valence-corrected chi connectivity index (χ0v) is 8.72. The summed E-state index contributed by atoms with van der Waals surface area (Å²) in [7, 11) is 0. The minimum atomic E-state index is -0.889. The molecular weight excluding hydrogens is 219 g/mol. The quantitative estimate of drug-likeness (QED) is 0.864. The molecule has 0 amide bonds. The Morgan fingerprint density at radius 2 is 2.20 bits per heavy atom. The SMILES string of the molecule is O=C(O)C1(c2cccc(Cl)c2CF)CC1. The normalized spacial score (nSPS) is 17.5. The number of benzene rings is 1. The zero-order valence-electron chi connectivity index (χ0n) is 7.96. The number of aliphatic carboxylic acids is 1. The lowest BCUT2D eigenvalue weighted by Crippen LogP contribution is -2.21. The summed E-state index contributed by atoms with van der Waals surface area (Å²) in [5.41, 5.74) is -0.0316. The summed E-state index contributed by atoms with van der Waals surface area (Å²) in [4.78, 5) is 11.1. The Balaban J connectivity index is 2.53. The molecule has 0 atom stereocenters. The first-order chi connectivity index (χ1) is 7.12. The fourth-order valence-electron chi connectivity index (χ4n) is 1.87. The number of halogens is 2. The highest BCUT2D eigenvalue weighted by Gasteiger charge is 2.52. The fraction of sp³-hybridized carbons (Fsp3) is 0.364. The van der Waals surface area contributed by atoms with Gasteiger partial charge in [0.25, 0.3) is 0 Å². The smallest absolute Gasteiger partial charge is 0.314 e. The topological polar surface area (TPSA) is 37.3 Å². The first-order valence-electron chi connectivity index (χ1n) is 4.69. The Bertz CT molecular complexity index is 413. The number of carbonyl (C=O) groups is 1. The third-order valence-electron chi connectivity index (χ3n) is 2.93. The van der Waals surface area contributed by atoms with Crippen molar-refractivity contribution in [2.45, 2.75) is 24.9 Å². The first-order valence-corrected chi connectivity index (χ1v) is 5.07. The van der Waals surface area contributed by atoms with Crippen LogP contribution in [0.3, 0.4) is 0 Å². The molecule has 1 aliphatic carbocycles. The molecule has 1 saturated carbocycles. The van der Waals surface area contributed by atoms with Gasteiger partial charge in [0.1, 0.15) is 6.67 Å². The summed E-state index contributed by atoms with van der Waals surface area (Å²) >= 11 is 5.84. The molecule has 2 nitrogen and oxygen atoms in total. The molecular formula is C11H10ClFO2. The number of alkyl halides is 1. The predicted octanol–water partition coefficient (Wildman–Crippen LogP) is 2.93. The highest BCUT2D eigenvalue weighted by atomic mass is 35.5. The summed E-state index contributed by atoms with van der Waals surface area (Å²) in [6.45, 7) is -0.718. The molecule has 0 aromatic heterocycles. The van der Waals surface area contributed by atoms with Crippen molar-refractivity contribution in [1.82, 2.24) is 0 Å². The van der Waals surface area contributed by atoms with Gasteiger partial charge in [0, 0.05) is 10.6 Å². The predicted molar refractivity (Wildman–Crippen MR) is 54.8 cm³/mol. The molecule has 0 saturated heterocycles. The molecule has 15 heavy (non-hydrogen) atoms. The van der Waals surface area contributed by atoms with E-state index in [2.05, 4.69) is 0 Å². The van der Waals surface area contributed by atoms with Gasteiger partial charge < -0.3 is 5.11 Å². The number of rotatable bonds is 3. The third kappa shape index (κ3) is 1.51. The van der Waals surface area contributed by atoms with E-state index in [1.54, 1.807) is 18.2 Å². The van der Waals surface area contributed by atoms with Gasteiger partial charge in [-0.05, 0) is 24.5 Å². The largest absolute Gasteiger partial charge is 0.481 e. The van der Waals surface area contributed by atoms with Crippen molar-refractivity contribution < 1.29 is 14.3 Å². The Hall–Kier alpha value is -1.09. The van der Waals surface area contributed by atoms with Crippen molar-refractivity contribution in [3.05, 3.63) is 34.3 Å². The summed E-state index contributed by atoms with van der Waals surface area (Å²) in [6.07, 6.45) is 1.13. The minimum absolute atomic E-state index is 0.308. The highest BCUT2D eigenvalue weighted by Crippen LogP contribution is 2.50. The monoisotopic (exact) mass is 228 g/mol. The van der Waals surface area contributed by atoms with Crippen molar-refractivity contribution in [3.63, 3.8) is 0 Å². The van der Waals surface area contributed by atoms with E-state index in [4.69, 9.17) is 16.7 Å². The standard InChI is InChI=1S/C11H10ClFO2/c12-9-3-1-2-8(7(9)6-13)11(4-5-11)10(14)15/h1-3H,4-6H2,(H,14,15). The summed E-state index contributed by atoms with van der Waals surface area (Å²) < 4.78 is 12.8. The van der Waals surface area contributed by atoms with Gasteiger partial charge in [-0.3, -0.25) is 4.79 Å². The van der Waals surface area contributed by atoms with Crippen LogP contribution in [-0.2, 0) is 16.9 Å². The van der Waals surface area contributed by atoms with Crippen LogP contribution in [0.2, 0.25) is 5.02 Å². The zero-order chi connectivity index (χ0) is 11.1. The van der Waals surface area contributed by atoms with Gasteiger partial charge in [-0.1, -0.05) is 23.7 Å². The van der Waals surface area contributed by atoms with Crippen molar-refractivity contribution in [2.75, 3.05) is 0 Å². The van der Waals surface area contributed by atoms with Crippen LogP contribution in [0.4, 0.5) is 4.39 Å². The van der Waals surface area contributed by atoms with Gasteiger partial charge in [0.15, 0.2) is 0 Å². The Kier molecular flexibility index (Phi) is 2.43. The Morgan fingerprint density at radius 1 is 1.53 bits per heavy atom. The van der Waals surface area contributed by atoms with Gasteiger partial charge in [0.2, 0.25) is 0 Å². The van der Waals surface area contributed by atoms with Crippen molar-refractivity contribution in [1.29, 1.82) is 0 Å². The molecule has 80 valence electrons. The number of carboxylic acids is 1. The van der Waals surface area contributed by atoms with Crippen LogP contribution >= 0.6 is 11.6 Å². The summed E-state index contributed by atoms with van der Waals surface area (Å²) in [5.74, 6) is -0.889. The lowest BCUT2D eigenvalue weighted by molar-refractivity contribution is -0.140. The molecule has 0 aliphatic heterocycles. The maximum atomic E-state index is 12.8. The Morgan fingerprint density at radius 3 is 2.67 bits per heavy atom. The highest BCUT2D eigenvalue weighted by molar-refractivity contribution is 6.31. The van der Waals surface area contributed by atoms with Gasteiger partial charge in [-0.25, -0.2) is 4.39 Å². The molecule has 4 heteroatoms. The lowest BCUT2D eigenvalue weighted by Gasteiger charge is -2.14. The van der Waals surface area contributed by atoms with Crippen molar-refractivity contribution >= 4 is 17.6 Å². The summed E-state index contributed by atoms with van der Waals surface area (Å²) in [6, 6.07) is 4.90. The maximum absolute atomic E-state index is 12.8. The molecule has 0 spiro atoms. The second kappa shape index (κ2) is 3.49. The van der Waals surface area contributed by atoms with Crippen LogP contribution in [0.15, 0.2) is 18.2 Å². The minimum Gasteiger partial charge on any atom is -0.481 e. The van der Waals surface area contributed by atoms with Gasteiger partial charge in [0.05, 0.1) is 5.41 Å². The third-order valence-corrected chi connectivity index (χ3v) is 3.28. The van der Waals surface area contributed by atoms with E-state index in [0.717, 1.165) is 0 Å². The molecule has 0 bridgehead atoms. The lowest BCUT2D eigenvalue weighted by atomic mass is 9.92. The molecule has 1 fully saturated rings. The van der Waals surface area contributed by atoms with E-state index in [1.165, 1.54) is 0 Å². The van der Waals surface area contributed by atoms with Gasteiger partial charge in [-0.2, -0.15) is 0 Å². The van der Waals surface area contributed by atoms with Crippen LogP contribution < -0.4 is 0 Å². The molecule has 1 aromatic carbocycles. The van der Waals surface area contributed by atoms with Crippen molar-refractivity contribution in [3.8, 4) is 0 Å². The van der Waals surface area contributed by atoms with Gasteiger partial charge in [-0.15, -0.1) is 0 Å². The molecule has 0 heterocycles. The molecule has 0 radical (unpaired) electrons. The fourth-order valence-corrected chi connectivity index (χ4v) is 2.09. The van der Waals surface area contributed by atoms with E-state index in [1.807, 2.05) is 0 Å². The number of carboxylic acid groups (broad SMARTS) is 1. The molecule has 0 unspecified atom stereocenters. The second-order valence-corrected chi connectivity index (χ2v) is 4.19. The van der Waals surface area contributed by atoms with Crippen LogP contribution in [0, 0.1) is 0 Å². The Labute approximate surface area is 91.7 Å². The number of hydrogen-bond donors (Lipinski definition) is 1. The number of hydrogen-bond acceptors (Lipinski definition) is 1. The molecule has 2 rings (SSSR count). The molecule has 1 N–H and O–H groups in total. The van der Waals surface area contributed by atoms with E-state index < -0.39 is 18.1 Å². The van der Waals surface area contributed by atoms with E-state index in [0.29, 0.717) is 29.0 Å². The molecule has 1 aromatic rings. The van der Waals surface area contributed by atoms with E-state index in [9.17, 15) is 9.18 Å². The van der Waals surface area contributed by atoms with Gasteiger partial charge >= 0.3 is 5.97 Å². The molecule has 1 aliphatic rings. The maximum Gasteiger partial charge on any atom is 0.314 e. The van der Waals surface area contributed by atoms with Crippen LogP contribution in [-0.4, -0.2) is 11.1 Å². The average Bonchev–Trinajstić information content (AvgIpc) is 2.98. The second-order valence-electron chi connectivity index (χ2n) is 3.79. The summed E-state index contributed by atoms with van der Waals surface area (Å²) in [5, 5.41) is 9.41. The average molecular weight is 229 g/mol. The van der Waals surface area contributed by atoms with Crippen molar-refractivity contribution in [2.24, 2.45) is 0 Å². The van der Waals surface area contributed by atoms with Crippen LogP contribution in [0.5, 0.6) is 0 Å². The van der Waals surface area contributed by atoms with E-state index >= 15 is 0 Å². The van der Waals surface area contributed by atoms with Crippen LogP contribution in [0.25, 0.3) is 0 Å². The first kappa shape index (κ1) is 10.4.